The van der Waals surface area contributed by atoms with Gasteiger partial charge in [0.2, 0.25) is 0 Å². The number of rotatable bonds is 4. The molecule has 0 aliphatic heterocycles. The van der Waals surface area contributed by atoms with E-state index >= 15 is 0 Å². The predicted molar refractivity (Wildman–Crippen MR) is 182 cm³/mol. The summed E-state index contributed by atoms with van der Waals surface area (Å²) in [4.78, 5) is 0. The summed E-state index contributed by atoms with van der Waals surface area (Å²) < 4.78 is 12.5. The van der Waals surface area contributed by atoms with Crippen LogP contribution >= 0.6 is 31.9 Å². The van der Waals surface area contributed by atoms with Crippen LogP contribution in [0.1, 0.15) is 126 Å². The first-order valence-corrected chi connectivity index (χ1v) is 17.5. The average Bonchev–Trinajstić information content (AvgIpc) is 2.90. The Bertz CT molecular complexity index is 1070. The maximum absolute atomic E-state index is 6.24. The van der Waals surface area contributed by atoms with Crippen molar-refractivity contribution in [2.24, 2.45) is 0 Å². The summed E-state index contributed by atoms with van der Waals surface area (Å²) in [5.41, 5.74) is 10.4. The highest BCUT2D eigenvalue weighted by Crippen LogP contribution is 2.44. The van der Waals surface area contributed by atoms with E-state index in [4.69, 9.17) is 9.47 Å². The van der Waals surface area contributed by atoms with Crippen LogP contribution < -0.4 is 9.47 Å². The number of allylic oxidation sites excluding steroid dienone is 2. The molecule has 0 atom stereocenters. The highest BCUT2D eigenvalue weighted by atomic mass is 79.9. The largest absolute Gasteiger partial charge is 0.496 e. The Kier molecular flexibility index (Phi) is 12.3. The van der Waals surface area contributed by atoms with Gasteiger partial charge in [0.25, 0.3) is 0 Å². The van der Waals surface area contributed by atoms with E-state index in [0.717, 1.165) is 35.0 Å². The van der Waals surface area contributed by atoms with Gasteiger partial charge in [-0.1, -0.05) is 124 Å². The second-order valence-electron chi connectivity index (χ2n) is 13.5. The van der Waals surface area contributed by atoms with Crippen LogP contribution in [0.3, 0.4) is 0 Å². The summed E-state index contributed by atoms with van der Waals surface area (Å²) in [6, 6.07) is 9.56. The standard InChI is InChI=1S/C36H52Br2O2/c1-35(2,3)27-19-25-17-15-13-11-9-10-12-14-16-18-26-20-28(36(4,5)6)22-30(34(26)40-8)32(24-38)31(23-37)29(21-27)33(25)39-7/h19-22H,9-18,23-24H2,1-8H3/b32-31+. The molecule has 0 N–H and O–H groups in total. The van der Waals surface area contributed by atoms with Gasteiger partial charge in [0.05, 0.1) is 14.2 Å². The first-order chi connectivity index (χ1) is 19.0. The van der Waals surface area contributed by atoms with Gasteiger partial charge in [0, 0.05) is 21.8 Å². The second kappa shape index (κ2) is 14.8. The number of fused-ring (bicyclic) bond motifs is 4. The van der Waals surface area contributed by atoms with Crippen molar-refractivity contribution in [1.82, 2.24) is 0 Å². The minimum atomic E-state index is 0.0375. The van der Waals surface area contributed by atoms with E-state index in [1.165, 1.54) is 95.9 Å². The van der Waals surface area contributed by atoms with E-state index < -0.39 is 0 Å². The molecule has 222 valence electrons. The zero-order valence-corrected chi connectivity index (χ0v) is 29.5. The fourth-order valence-electron chi connectivity index (χ4n) is 5.87. The monoisotopic (exact) mass is 674 g/mol. The van der Waals surface area contributed by atoms with Gasteiger partial charge in [0.1, 0.15) is 11.5 Å². The molecule has 0 saturated heterocycles. The Morgan fingerprint density at radius 3 is 1.15 bits per heavy atom. The molecule has 0 heterocycles. The maximum Gasteiger partial charge on any atom is 0.129 e. The van der Waals surface area contributed by atoms with E-state index in [-0.39, 0.29) is 10.8 Å². The number of halogens is 2. The summed E-state index contributed by atoms with van der Waals surface area (Å²) in [5.74, 6) is 2.04. The lowest BCUT2D eigenvalue weighted by Crippen LogP contribution is -2.15. The third-order valence-corrected chi connectivity index (χ3v) is 9.52. The van der Waals surface area contributed by atoms with Gasteiger partial charge in [-0.25, -0.2) is 0 Å². The zero-order chi connectivity index (χ0) is 29.5. The Hall–Kier alpha value is -1.26. The molecule has 0 unspecified atom stereocenters. The number of hydrogen-bond acceptors (Lipinski definition) is 2. The van der Waals surface area contributed by atoms with Crippen molar-refractivity contribution in [1.29, 1.82) is 0 Å². The van der Waals surface area contributed by atoms with Crippen molar-refractivity contribution < 1.29 is 9.47 Å². The summed E-state index contributed by atoms with van der Waals surface area (Å²) in [5, 5.41) is 1.46. The van der Waals surface area contributed by atoms with E-state index in [0.29, 0.717) is 0 Å². The van der Waals surface area contributed by atoms with E-state index in [1.54, 1.807) is 0 Å². The van der Waals surface area contributed by atoms with Crippen LogP contribution in [-0.2, 0) is 23.7 Å². The van der Waals surface area contributed by atoms with E-state index in [1.807, 2.05) is 14.2 Å². The van der Waals surface area contributed by atoms with E-state index in [9.17, 15) is 0 Å². The third-order valence-electron chi connectivity index (χ3n) is 8.40. The quantitative estimate of drug-likeness (QED) is 0.300. The van der Waals surface area contributed by atoms with Gasteiger partial charge in [-0.05, 0) is 82.0 Å². The van der Waals surface area contributed by atoms with Gasteiger partial charge >= 0.3 is 0 Å². The maximum atomic E-state index is 6.24. The molecule has 4 heteroatoms. The highest BCUT2D eigenvalue weighted by Gasteiger charge is 2.26. The van der Waals surface area contributed by atoms with Crippen LogP contribution in [0.15, 0.2) is 24.3 Å². The van der Waals surface area contributed by atoms with Crippen LogP contribution in [0.5, 0.6) is 11.5 Å². The Morgan fingerprint density at radius 2 is 0.875 bits per heavy atom. The van der Waals surface area contributed by atoms with Gasteiger partial charge in [0.15, 0.2) is 0 Å². The van der Waals surface area contributed by atoms with Crippen molar-refractivity contribution in [3.63, 3.8) is 0 Å². The zero-order valence-electron chi connectivity index (χ0n) is 26.4. The molecular weight excluding hydrogens is 624 g/mol. The fourth-order valence-corrected chi connectivity index (χ4v) is 7.15. The number of aryl methyl sites for hydroxylation is 2. The van der Waals surface area contributed by atoms with Crippen LogP contribution in [-0.4, -0.2) is 24.9 Å². The van der Waals surface area contributed by atoms with Crippen LogP contribution in [0, 0.1) is 0 Å². The van der Waals surface area contributed by atoms with E-state index in [2.05, 4.69) is 97.7 Å². The molecule has 0 radical (unpaired) electrons. The van der Waals surface area contributed by atoms with Crippen molar-refractivity contribution in [3.8, 4) is 11.5 Å². The molecule has 1 aliphatic rings. The van der Waals surface area contributed by atoms with Crippen LogP contribution in [0.4, 0.5) is 0 Å². The summed E-state index contributed by atoms with van der Waals surface area (Å²) in [6.45, 7) is 13.9. The minimum absolute atomic E-state index is 0.0375. The van der Waals surface area contributed by atoms with Crippen molar-refractivity contribution in [3.05, 3.63) is 57.6 Å². The molecule has 0 aromatic heterocycles. The summed E-state index contributed by atoms with van der Waals surface area (Å²) in [7, 11) is 3.67. The molecule has 2 aromatic carbocycles. The molecule has 40 heavy (non-hydrogen) atoms. The fraction of sp³-hybridized carbons (Fsp3) is 0.611. The molecule has 3 rings (SSSR count). The number of alkyl halides is 2. The molecule has 1 aliphatic carbocycles. The molecule has 0 amide bonds. The molecule has 4 bridgehead atoms. The summed E-state index contributed by atoms with van der Waals surface area (Å²) >= 11 is 7.85. The van der Waals surface area contributed by atoms with Gasteiger partial charge in [-0.3, -0.25) is 0 Å². The number of benzene rings is 2. The lowest BCUT2D eigenvalue weighted by atomic mass is 9.80. The third kappa shape index (κ3) is 8.18. The van der Waals surface area contributed by atoms with Gasteiger partial charge in [-0.2, -0.15) is 0 Å². The SMILES string of the molecule is COc1c2cc(C(C)(C)C)cc1/C(CBr)=C(\CBr)c1cc(C(C)(C)C)cc(c1OC)CCCCCCCCCC2. The summed E-state index contributed by atoms with van der Waals surface area (Å²) in [6.07, 6.45) is 12.4. The lowest BCUT2D eigenvalue weighted by Gasteiger charge is -2.27. The molecule has 2 aromatic rings. The second-order valence-corrected chi connectivity index (χ2v) is 14.6. The molecule has 0 spiro atoms. The number of ether oxygens (including phenoxy) is 2. The van der Waals surface area contributed by atoms with Crippen LogP contribution in [0.25, 0.3) is 11.1 Å². The predicted octanol–water partition coefficient (Wildman–Crippen LogP) is 11.2. The average molecular weight is 677 g/mol. The number of hydrogen-bond donors (Lipinski definition) is 0. The van der Waals surface area contributed by atoms with Crippen molar-refractivity contribution >= 4 is 43.0 Å². The smallest absolute Gasteiger partial charge is 0.129 e. The lowest BCUT2D eigenvalue weighted by molar-refractivity contribution is 0.405. The van der Waals surface area contributed by atoms with Gasteiger partial charge < -0.3 is 9.47 Å². The Balaban J connectivity index is 2.41. The topological polar surface area (TPSA) is 18.5 Å². The number of methoxy groups -OCH3 is 2. The first kappa shape index (κ1) is 33.2. The van der Waals surface area contributed by atoms with Crippen molar-refractivity contribution in [2.75, 3.05) is 24.9 Å². The normalized spacial score (nSPS) is 18.1. The molecule has 0 saturated carbocycles. The van der Waals surface area contributed by atoms with Gasteiger partial charge in [-0.15, -0.1) is 0 Å². The first-order valence-electron chi connectivity index (χ1n) is 15.2. The highest BCUT2D eigenvalue weighted by molar-refractivity contribution is 9.09. The molecule has 0 fully saturated rings. The molecular formula is C36H52Br2O2. The molecule has 2 nitrogen and oxygen atoms in total. The van der Waals surface area contributed by atoms with Crippen LogP contribution in [0.2, 0.25) is 0 Å². The minimum Gasteiger partial charge on any atom is -0.496 e. The van der Waals surface area contributed by atoms with Crippen molar-refractivity contribution in [2.45, 2.75) is 117 Å². The Morgan fingerprint density at radius 1 is 0.550 bits per heavy atom. The Labute approximate surface area is 262 Å².